The van der Waals surface area contributed by atoms with Crippen LogP contribution in [-0.2, 0) is 0 Å². The molecule has 1 aromatic carbocycles. The van der Waals surface area contributed by atoms with E-state index in [1.807, 2.05) is 39.1 Å². The van der Waals surface area contributed by atoms with Crippen LogP contribution in [0.5, 0.6) is 5.75 Å². The number of carbonyl (C=O) groups is 1. The molecule has 1 amide bonds. The summed E-state index contributed by atoms with van der Waals surface area (Å²) in [4.78, 5) is 11.4. The van der Waals surface area contributed by atoms with Crippen LogP contribution in [0.1, 0.15) is 11.1 Å². The highest BCUT2D eigenvalue weighted by atomic mass is 16.6. The highest BCUT2D eigenvalue weighted by molar-refractivity contribution is 5.71. The van der Waals surface area contributed by atoms with E-state index in [1.54, 1.807) is 0 Å². The molecule has 0 aliphatic rings. The summed E-state index contributed by atoms with van der Waals surface area (Å²) in [6.07, 6.45) is -0.410. The van der Waals surface area contributed by atoms with Crippen molar-refractivity contribution in [1.82, 2.24) is 10.6 Å². The molecular weight excluding hydrogens is 204 g/mol. The summed E-state index contributed by atoms with van der Waals surface area (Å²) < 4.78 is 5.24. The van der Waals surface area contributed by atoms with Crippen LogP contribution in [0.25, 0.3) is 0 Å². The third-order valence-corrected chi connectivity index (χ3v) is 2.25. The molecule has 1 rings (SSSR count). The lowest BCUT2D eigenvalue weighted by Crippen LogP contribution is -2.32. The van der Waals surface area contributed by atoms with Crippen LogP contribution in [0.4, 0.5) is 4.79 Å². The molecule has 0 saturated heterocycles. The molecule has 16 heavy (non-hydrogen) atoms. The minimum Gasteiger partial charge on any atom is -0.410 e. The quantitative estimate of drug-likeness (QED) is 0.761. The average Bonchev–Trinajstić information content (AvgIpc) is 2.24. The van der Waals surface area contributed by atoms with Gasteiger partial charge in [0.2, 0.25) is 0 Å². The number of likely N-dealkylation sites (N-methyl/N-ethyl adjacent to an activating group) is 1. The average molecular weight is 222 g/mol. The largest absolute Gasteiger partial charge is 0.412 e. The molecule has 0 heterocycles. The molecular formula is C12H18N2O2. The van der Waals surface area contributed by atoms with Gasteiger partial charge < -0.3 is 15.4 Å². The third kappa shape index (κ3) is 3.55. The van der Waals surface area contributed by atoms with Gasteiger partial charge in [-0.05, 0) is 32.0 Å². The van der Waals surface area contributed by atoms with Gasteiger partial charge in [-0.2, -0.15) is 0 Å². The fourth-order valence-corrected chi connectivity index (χ4v) is 1.38. The molecule has 0 spiro atoms. The van der Waals surface area contributed by atoms with Gasteiger partial charge in [0.1, 0.15) is 5.75 Å². The van der Waals surface area contributed by atoms with Gasteiger partial charge in [0, 0.05) is 13.1 Å². The van der Waals surface area contributed by atoms with E-state index in [0.29, 0.717) is 12.3 Å². The molecule has 88 valence electrons. The fourth-order valence-electron chi connectivity index (χ4n) is 1.38. The Balaban J connectivity index is 2.56. The molecule has 0 bridgehead atoms. The van der Waals surface area contributed by atoms with E-state index >= 15 is 0 Å². The number of aryl methyl sites for hydroxylation is 2. The van der Waals surface area contributed by atoms with Crippen molar-refractivity contribution in [3.63, 3.8) is 0 Å². The Morgan fingerprint density at radius 2 is 1.88 bits per heavy atom. The van der Waals surface area contributed by atoms with Crippen molar-refractivity contribution < 1.29 is 9.53 Å². The summed E-state index contributed by atoms with van der Waals surface area (Å²) in [5.41, 5.74) is 1.92. The van der Waals surface area contributed by atoms with Crippen molar-refractivity contribution in [3.8, 4) is 5.75 Å². The van der Waals surface area contributed by atoms with Crippen molar-refractivity contribution in [2.45, 2.75) is 13.8 Å². The first-order valence-electron chi connectivity index (χ1n) is 5.31. The van der Waals surface area contributed by atoms with E-state index in [1.165, 1.54) is 0 Å². The van der Waals surface area contributed by atoms with E-state index in [0.717, 1.165) is 17.7 Å². The number of benzene rings is 1. The molecule has 0 aromatic heterocycles. The zero-order valence-electron chi connectivity index (χ0n) is 9.96. The molecule has 0 saturated carbocycles. The zero-order valence-corrected chi connectivity index (χ0v) is 9.96. The zero-order chi connectivity index (χ0) is 12.0. The van der Waals surface area contributed by atoms with Crippen LogP contribution in [0.3, 0.4) is 0 Å². The number of para-hydroxylation sites is 1. The smallest absolute Gasteiger partial charge is 0.410 e. The van der Waals surface area contributed by atoms with E-state index in [2.05, 4.69) is 10.6 Å². The normalized spacial score (nSPS) is 9.94. The maximum Gasteiger partial charge on any atom is 0.412 e. The van der Waals surface area contributed by atoms with Gasteiger partial charge in [0.25, 0.3) is 0 Å². The summed E-state index contributed by atoms with van der Waals surface area (Å²) in [7, 11) is 1.83. The lowest BCUT2D eigenvalue weighted by molar-refractivity contribution is 0.200. The number of amides is 1. The first kappa shape index (κ1) is 12.5. The van der Waals surface area contributed by atoms with Crippen LogP contribution in [0, 0.1) is 13.8 Å². The summed E-state index contributed by atoms with van der Waals surface area (Å²) in [6.45, 7) is 5.12. The molecule has 1 aromatic rings. The van der Waals surface area contributed by atoms with Crippen LogP contribution < -0.4 is 15.4 Å². The molecule has 4 nitrogen and oxygen atoms in total. The molecule has 0 atom stereocenters. The number of rotatable bonds is 4. The molecule has 2 N–H and O–H groups in total. The highest BCUT2D eigenvalue weighted by Crippen LogP contribution is 2.22. The predicted molar refractivity (Wildman–Crippen MR) is 63.9 cm³/mol. The lowest BCUT2D eigenvalue weighted by Gasteiger charge is -2.10. The van der Waals surface area contributed by atoms with E-state index in [-0.39, 0.29) is 0 Å². The van der Waals surface area contributed by atoms with Gasteiger partial charge in [-0.15, -0.1) is 0 Å². The Kier molecular flexibility index (Phi) is 4.79. The van der Waals surface area contributed by atoms with Gasteiger partial charge >= 0.3 is 6.09 Å². The number of hydrogen-bond donors (Lipinski definition) is 2. The van der Waals surface area contributed by atoms with Gasteiger partial charge in [0.15, 0.2) is 0 Å². The number of hydrogen-bond acceptors (Lipinski definition) is 3. The number of nitrogens with one attached hydrogen (secondary N) is 2. The van der Waals surface area contributed by atoms with E-state index < -0.39 is 6.09 Å². The van der Waals surface area contributed by atoms with Gasteiger partial charge in [-0.25, -0.2) is 4.79 Å². The second-order valence-electron chi connectivity index (χ2n) is 3.64. The van der Waals surface area contributed by atoms with Gasteiger partial charge in [0.05, 0.1) is 0 Å². The molecule has 0 fully saturated rings. The standard InChI is InChI=1S/C12H18N2O2/c1-9-5-4-6-10(2)11(9)16-12(15)14-8-7-13-3/h4-6,13H,7-8H2,1-3H3,(H,14,15). The van der Waals surface area contributed by atoms with Gasteiger partial charge in [-0.1, -0.05) is 18.2 Å². The maximum atomic E-state index is 11.4. The second-order valence-corrected chi connectivity index (χ2v) is 3.64. The summed E-state index contributed by atoms with van der Waals surface area (Å²) in [5, 5.41) is 5.60. The van der Waals surface area contributed by atoms with E-state index in [9.17, 15) is 4.79 Å². The first-order chi connectivity index (χ1) is 7.65. The topological polar surface area (TPSA) is 50.4 Å². The third-order valence-electron chi connectivity index (χ3n) is 2.25. The van der Waals surface area contributed by atoms with Crippen molar-refractivity contribution in [2.75, 3.05) is 20.1 Å². The van der Waals surface area contributed by atoms with Crippen molar-refractivity contribution >= 4 is 6.09 Å². The molecule has 0 unspecified atom stereocenters. The predicted octanol–water partition coefficient (Wildman–Crippen LogP) is 1.61. The Labute approximate surface area is 96.0 Å². The summed E-state index contributed by atoms with van der Waals surface area (Å²) >= 11 is 0. The Bertz CT molecular complexity index is 344. The molecule has 0 aliphatic carbocycles. The van der Waals surface area contributed by atoms with Gasteiger partial charge in [-0.3, -0.25) is 0 Å². The van der Waals surface area contributed by atoms with Crippen molar-refractivity contribution in [3.05, 3.63) is 29.3 Å². The van der Waals surface area contributed by atoms with Crippen molar-refractivity contribution in [2.24, 2.45) is 0 Å². The second kappa shape index (κ2) is 6.12. The Hall–Kier alpha value is -1.55. The minimum absolute atomic E-state index is 0.410. The molecule has 4 heteroatoms. The monoisotopic (exact) mass is 222 g/mol. The number of carbonyl (C=O) groups excluding carboxylic acids is 1. The molecule has 0 radical (unpaired) electrons. The fraction of sp³-hybridized carbons (Fsp3) is 0.417. The van der Waals surface area contributed by atoms with Crippen molar-refractivity contribution in [1.29, 1.82) is 0 Å². The minimum atomic E-state index is -0.410. The summed E-state index contributed by atoms with van der Waals surface area (Å²) in [6, 6.07) is 5.78. The highest BCUT2D eigenvalue weighted by Gasteiger charge is 2.08. The first-order valence-corrected chi connectivity index (χ1v) is 5.31. The van der Waals surface area contributed by atoms with E-state index in [4.69, 9.17) is 4.74 Å². The lowest BCUT2D eigenvalue weighted by atomic mass is 10.1. The Morgan fingerprint density at radius 3 is 2.44 bits per heavy atom. The Morgan fingerprint density at radius 1 is 1.25 bits per heavy atom. The SMILES string of the molecule is CNCCNC(=O)Oc1c(C)cccc1C. The van der Waals surface area contributed by atoms with Crippen LogP contribution in [0.2, 0.25) is 0 Å². The summed E-state index contributed by atoms with van der Waals surface area (Å²) in [5.74, 6) is 0.643. The maximum absolute atomic E-state index is 11.4. The van der Waals surface area contributed by atoms with Crippen LogP contribution >= 0.6 is 0 Å². The number of ether oxygens (including phenoxy) is 1. The molecule has 0 aliphatic heterocycles. The van der Waals surface area contributed by atoms with Crippen LogP contribution in [0.15, 0.2) is 18.2 Å². The van der Waals surface area contributed by atoms with Crippen LogP contribution in [-0.4, -0.2) is 26.2 Å².